The molecule has 0 atom stereocenters. The van der Waals surface area contributed by atoms with Crippen LogP contribution in [0.2, 0.25) is 0 Å². The molecule has 2 rings (SSSR count). The highest BCUT2D eigenvalue weighted by molar-refractivity contribution is 5.94. The van der Waals surface area contributed by atoms with Crippen molar-refractivity contribution in [2.45, 2.75) is 12.8 Å². The molecule has 0 saturated carbocycles. The topological polar surface area (TPSA) is 80.0 Å². The number of aliphatic imine (C=N–C) groups is 2. The van der Waals surface area contributed by atoms with Crippen molar-refractivity contribution < 1.29 is 0 Å². The van der Waals surface area contributed by atoms with Gasteiger partial charge in [0.1, 0.15) is 0 Å². The molecule has 0 radical (unpaired) electrons. The van der Waals surface area contributed by atoms with Crippen molar-refractivity contribution >= 4 is 17.6 Å². The van der Waals surface area contributed by atoms with Crippen LogP contribution in [0, 0.1) is 0 Å². The number of nitrogens with zero attached hydrogens (tertiary/aromatic N) is 3. The van der Waals surface area contributed by atoms with Crippen molar-refractivity contribution in [1.29, 1.82) is 0 Å². The van der Waals surface area contributed by atoms with E-state index in [-0.39, 0.29) is 5.96 Å². The van der Waals surface area contributed by atoms with Crippen molar-refractivity contribution in [3.8, 4) is 0 Å². The molecule has 1 aromatic carbocycles. The van der Waals surface area contributed by atoms with E-state index in [9.17, 15) is 0 Å². The molecule has 0 spiro atoms. The summed E-state index contributed by atoms with van der Waals surface area (Å²) in [5.74, 6) is 0.653. The summed E-state index contributed by atoms with van der Waals surface area (Å²) in [5.41, 5.74) is 12.4. The molecular formula is C12H17N5. The first-order valence-corrected chi connectivity index (χ1v) is 5.74. The van der Waals surface area contributed by atoms with Crippen LogP contribution >= 0.6 is 0 Å². The first kappa shape index (κ1) is 11.4. The summed E-state index contributed by atoms with van der Waals surface area (Å²) in [6.07, 6.45) is 2.32. The maximum Gasteiger partial charge on any atom is 0.223 e. The lowest BCUT2D eigenvalue weighted by molar-refractivity contribution is 0.514. The summed E-state index contributed by atoms with van der Waals surface area (Å²) < 4.78 is 0. The van der Waals surface area contributed by atoms with E-state index in [4.69, 9.17) is 11.5 Å². The Morgan fingerprint density at radius 2 is 1.71 bits per heavy atom. The van der Waals surface area contributed by atoms with Gasteiger partial charge in [-0.2, -0.15) is 4.99 Å². The first-order chi connectivity index (χ1) is 8.25. The Morgan fingerprint density at radius 3 is 2.35 bits per heavy atom. The van der Waals surface area contributed by atoms with Gasteiger partial charge in [0, 0.05) is 13.1 Å². The number of nitrogens with two attached hydrogens (primary N) is 2. The summed E-state index contributed by atoms with van der Waals surface area (Å²) in [6, 6.07) is 9.47. The quantitative estimate of drug-likeness (QED) is 0.560. The highest BCUT2D eigenvalue weighted by Crippen LogP contribution is 2.10. The summed E-state index contributed by atoms with van der Waals surface area (Å²) in [5, 5.41) is 0. The molecule has 1 saturated heterocycles. The molecule has 1 aliphatic rings. The van der Waals surface area contributed by atoms with E-state index in [2.05, 4.69) is 9.98 Å². The zero-order valence-electron chi connectivity index (χ0n) is 9.71. The molecule has 0 aliphatic carbocycles. The fourth-order valence-electron chi connectivity index (χ4n) is 1.79. The Hall–Kier alpha value is -2.04. The minimum atomic E-state index is 0.195. The maximum atomic E-state index is 5.85. The molecule has 1 fully saturated rings. The van der Waals surface area contributed by atoms with E-state index in [1.165, 1.54) is 0 Å². The first-order valence-electron chi connectivity index (χ1n) is 5.74. The van der Waals surface area contributed by atoms with E-state index >= 15 is 0 Å². The molecule has 0 unspecified atom stereocenters. The Morgan fingerprint density at radius 1 is 1.06 bits per heavy atom. The minimum absolute atomic E-state index is 0.195. The fourth-order valence-corrected chi connectivity index (χ4v) is 1.79. The third kappa shape index (κ3) is 3.21. The van der Waals surface area contributed by atoms with Crippen molar-refractivity contribution in [2.75, 3.05) is 13.1 Å². The Kier molecular flexibility index (Phi) is 3.59. The molecule has 1 aromatic rings. The van der Waals surface area contributed by atoms with Gasteiger partial charge in [-0.15, -0.1) is 0 Å². The van der Waals surface area contributed by atoms with E-state index in [0.29, 0.717) is 5.96 Å². The van der Waals surface area contributed by atoms with Crippen LogP contribution in [-0.2, 0) is 0 Å². The standard InChI is InChI=1S/C12H17N5/c13-11(15-10-6-2-1-3-7-10)16-12(14)17-8-4-5-9-17/h1-3,6-7H,4-5,8-9H2,(H4,13,14,15,16). The molecule has 0 bridgehead atoms. The molecule has 1 heterocycles. The van der Waals surface area contributed by atoms with Crippen LogP contribution in [0.5, 0.6) is 0 Å². The van der Waals surface area contributed by atoms with Gasteiger partial charge < -0.3 is 16.4 Å². The van der Waals surface area contributed by atoms with Gasteiger partial charge in [0.05, 0.1) is 5.69 Å². The third-order valence-electron chi connectivity index (χ3n) is 2.66. The summed E-state index contributed by atoms with van der Waals surface area (Å²) in [6.45, 7) is 1.90. The van der Waals surface area contributed by atoms with Crippen LogP contribution in [0.3, 0.4) is 0 Å². The SMILES string of the molecule is NC(=Nc1ccccc1)N=C(N)N1CCCC1. The Balaban J connectivity index is 2.07. The van der Waals surface area contributed by atoms with Gasteiger partial charge in [-0.3, -0.25) is 0 Å². The number of hydrogen-bond donors (Lipinski definition) is 2. The number of likely N-dealkylation sites (tertiary alicyclic amines) is 1. The van der Waals surface area contributed by atoms with E-state index in [1.54, 1.807) is 0 Å². The predicted octanol–water partition coefficient (Wildman–Crippen LogP) is 1.04. The van der Waals surface area contributed by atoms with Crippen LogP contribution in [0.4, 0.5) is 5.69 Å². The lowest BCUT2D eigenvalue weighted by atomic mass is 10.3. The van der Waals surface area contributed by atoms with Gasteiger partial charge in [-0.1, -0.05) is 18.2 Å². The molecule has 0 aromatic heterocycles. The van der Waals surface area contributed by atoms with Crippen molar-refractivity contribution in [3.05, 3.63) is 30.3 Å². The van der Waals surface area contributed by atoms with Gasteiger partial charge >= 0.3 is 0 Å². The fraction of sp³-hybridized carbons (Fsp3) is 0.333. The van der Waals surface area contributed by atoms with Gasteiger partial charge in [0.2, 0.25) is 5.96 Å². The molecule has 1 aliphatic heterocycles. The van der Waals surface area contributed by atoms with Gasteiger partial charge in [0.25, 0.3) is 0 Å². The van der Waals surface area contributed by atoms with Crippen LogP contribution in [0.1, 0.15) is 12.8 Å². The molecule has 4 N–H and O–H groups in total. The van der Waals surface area contributed by atoms with Crippen molar-refractivity contribution in [1.82, 2.24) is 4.90 Å². The van der Waals surface area contributed by atoms with Gasteiger partial charge in [0.15, 0.2) is 5.96 Å². The second-order valence-electron chi connectivity index (χ2n) is 3.97. The average molecular weight is 231 g/mol. The number of benzene rings is 1. The lowest BCUT2D eigenvalue weighted by Gasteiger charge is -2.15. The zero-order valence-corrected chi connectivity index (χ0v) is 9.71. The normalized spacial score (nSPS) is 17.5. The predicted molar refractivity (Wildman–Crippen MR) is 70.2 cm³/mol. The summed E-state index contributed by atoms with van der Waals surface area (Å²) in [4.78, 5) is 10.3. The zero-order chi connectivity index (χ0) is 12.1. The molecule has 0 amide bonds. The van der Waals surface area contributed by atoms with Crippen molar-refractivity contribution in [2.24, 2.45) is 21.5 Å². The number of rotatable bonds is 1. The van der Waals surface area contributed by atoms with E-state index in [1.807, 2.05) is 35.2 Å². The Labute approximate surface area is 101 Å². The van der Waals surface area contributed by atoms with Crippen LogP contribution in [0.25, 0.3) is 0 Å². The molecular weight excluding hydrogens is 214 g/mol. The van der Waals surface area contributed by atoms with E-state index in [0.717, 1.165) is 31.6 Å². The maximum absolute atomic E-state index is 5.85. The third-order valence-corrected chi connectivity index (χ3v) is 2.66. The lowest BCUT2D eigenvalue weighted by Crippen LogP contribution is -2.36. The van der Waals surface area contributed by atoms with E-state index < -0.39 is 0 Å². The highest BCUT2D eigenvalue weighted by atomic mass is 15.3. The number of para-hydroxylation sites is 1. The van der Waals surface area contributed by atoms with Crippen LogP contribution in [0.15, 0.2) is 40.3 Å². The summed E-state index contributed by atoms with van der Waals surface area (Å²) >= 11 is 0. The van der Waals surface area contributed by atoms with Crippen LogP contribution in [-0.4, -0.2) is 29.9 Å². The Bertz CT molecular complexity index is 418. The second kappa shape index (κ2) is 5.34. The number of guanidine groups is 2. The summed E-state index contributed by atoms with van der Waals surface area (Å²) in [7, 11) is 0. The highest BCUT2D eigenvalue weighted by Gasteiger charge is 2.13. The molecule has 17 heavy (non-hydrogen) atoms. The van der Waals surface area contributed by atoms with Gasteiger partial charge in [-0.05, 0) is 25.0 Å². The second-order valence-corrected chi connectivity index (χ2v) is 3.97. The minimum Gasteiger partial charge on any atom is -0.369 e. The molecule has 5 nitrogen and oxygen atoms in total. The number of hydrogen-bond acceptors (Lipinski definition) is 1. The van der Waals surface area contributed by atoms with Crippen molar-refractivity contribution in [3.63, 3.8) is 0 Å². The molecule has 90 valence electrons. The smallest absolute Gasteiger partial charge is 0.223 e. The molecule has 5 heteroatoms. The van der Waals surface area contributed by atoms with Gasteiger partial charge in [-0.25, -0.2) is 4.99 Å². The monoisotopic (exact) mass is 231 g/mol. The van der Waals surface area contributed by atoms with Crippen LogP contribution < -0.4 is 11.5 Å². The average Bonchev–Trinajstić information content (AvgIpc) is 2.83. The largest absolute Gasteiger partial charge is 0.369 e.